The van der Waals surface area contributed by atoms with Gasteiger partial charge in [0.1, 0.15) is 5.75 Å². The summed E-state index contributed by atoms with van der Waals surface area (Å²) >= 11 is 1.65. The van der Waals surface area contributed by atoms with Crippen molar-refractivity contribution in [3.8, 4) is 5.75 Å². The van der Waals surface area contributed by atoms with Crippen LogP contribution in [0.4, 0.5) is 5.69 Å². The first-order chi connectivity index (χ1) is 13.0. The third kappa shape index (κ3) is 3.71. The van der Waals surface area contributed by atoms with E-state index in [2.05, 4.69) is 36.1 Å². The molecule has 142 valence electrons. The monoisotopic (exact) mass is 402 g/mol. The van der Waals surface area contributed by atoms with Gasteiger partial charge in [-0.1, -0.05) is 53.7 Å². The van der Waals surface area contributed by atoms with Crippen LogP contribution in [0.1, 0.15) is 11.1 Å². The lowest BCUT2D eigenvalue weighted by atomic mass is 10.1. The number of hydrogen-bond donors (Lipinski definition) is 0. The second kappa shape index (κ2) is 7.20. The molecule has 2 atom stereocenters. The minimum absolute atomic E-state index is 0.123. The van der Waals surface area contributed by atoms with E-state index in [1.807, 2.05) is 24.3 Å². The Kier molecular flexibility index (Phi) is 4.90. The summed E-state index contributed by atoms with van der Waals surface area (Å²) in [7, 11) is -1.43. The Balaban J connectivity index is 1.65. The van der Waals surface area contributed by atoms with Crippen molar-refractivity contribution in [1.29, 1.82) is 0 Å². The summed E-state index contributed by atoms with van der Waals surface area (Å²) < 4.78 is 29.9. The van der Waals surface area contributed by atoms with Crippen LogP contribution < -0.4 is 9.64 Å². The van der Waals surface area contributed by atoms with Crippen molar-refractivity contribution in [3.63, 3.8) is 0 Å². The van der Waals surface area contributed by atoms with Crippen molar-refractivity contribution in [2.75, 3.05) is 23.5 Å². The average molecular weight is 403 g/mol. The summed E-state index contributed by atoms with van der Waals surface area (Å²) in [5.41, 5.74) is 3.33. The smallest absolute Gasteiger partial charge is 0.164 e. The first kappa shape index (κ1) is 18.4. The molecule has 2 aliphatic heterocycles. The molecule has 7 heteroatoms. The standard InChI is InChI=1S/C20H22N2O3S2/c1-14-6-5-7-15(10-14)11-26-20-21-16-12-27(23,24)13-18(16)22(20)17-8-3-4-9-19(17)25-2/h3-10,16,18H,11-13H2,1-2H3/t16-,18-/m1/s1. The molecule has 1 saturated heterocycles. The third-order valence-electron chi connectivity index (χ3n) is 4.90. The Hall–Kier alpha value is -1.99. The van der Waals surface area contributed by atoms with Gasteiger partial charge in [-0.15, -0.1) is 0 Å². The Morgan fingerprint density at radius 3 is 2.78 bits per heavy atom. The number of amidine groups is 1. The van der Waals surface area contributed by atoms with E-state index in [4.69, 9.17) is 9.73 Å². The highest BCUT2D eigenvalue weighted by atomic mass is 32.2. The molecule has 0 bridgehead atoms. The number of thioether (sulfide) groups is 1. The number of ether oxygens (including phenoxy) is 1. The molecule has 0 saturated carbocycles. The van der Waals surface area contributed by atoms with Crippen LogP contribution in [-0.2, 0) is 15.6 Å². The number of aryl methyl sites for hydroxylation is 1. The van der Waals surface area contributed by atoms with E-state index in [9.17, 15) is 8.42 Å². The number of methoxy groups -OCH3 is 1. The van der Waals surface area contributed by atoms with Gasteiger partial charge in [-0.2, -0.15) is 0 Å². The van der Waals surface area contributed by atoms with Gasteiger partial charge in [0.2, 0.25) is 0 Å². The van der Waals surface area contributed by atoms with Crippen LogP contribution >= 0.6 is 11.8 Å². The summed E-state index contributed by atoms with van der Waals surface area (Å²) in [5.74, 6) is 1.77. The second-order valence-electron chi connectivity index (χ2n) is 6.94. The summed E-state index contributed by atoms with van der Waals surface area (Å²) in [6.07, 6.45) is 0. The van der Waals surface area contributed by atoms with Gasteiger partial charge in [0.25, 0.3) is 0 Å². The molecule has 27 heavy (non-hydrogen) atoms. The van der Waals surface area contributed by atoms with Crippen LogP contribution in [0.25, 0.3) is 0 Å². The Morgan fingerprint density at radius 1 is 1.19 bits per heavy atom. The largest absolute Gasteiger partial charge is 0.495 e. The summed E-state index contributed by atoms with van der Waals surface area (Å²) in [4.78, 5) is 6.85. The van der Waals surface area contributed by atoms with Crippen LogP contribution in [-0.4, -0.2) is 44.3 Å². The van der Waals surface area contributed by atoms with Gasteiger partial charge in [-0.25, -0.2) is 8.42 Å². The van der Waals surface area contributed by atoms with Crippen molar-refractivity contribution in [2.24, 2.45) is 4.99 Å². The lowest BCUT2D eigenvalue weighted by Crippen LogP contribution is -2.39. The number of aliphatic imine (C=N–C) groups is 1. The second-order valence-corrected chi connectivity index (χ2v) is 10.0. The molecule has 5 nitrogen and oxygen atoms in total. The van der Waals surface area contributed by atoms with E-state index in [0.29, 0.717) is 0 Å². The molecule has 0 spiro atoms. The number of rotatable bonds is 4. The Bertz CT molecular complexity index is 988. The fourth-order valence-corrected chi connectivity index (χ4v) is 6.60. The minimum Gasteiger partial charge on any atom is -0.495 e. The van der Waals surface area contributed by atoms with Gasteiger partial charge in [0.05, 0.1) is 36.4 Å². The van der Waals surface area contributed by atoms with E-state index < -0.39 is 9.84 Å². The number of para-hydroxylation sites is 2. The number of fused-ring (bicyclic) bond motifs is 1. The maximum Gasteiger partial charge on any atom is 0.164 e. The first-order valence-electron chi connectivity index (χ1n) is 8.86. The molecule has 0 aliphatic carbocycles. The van der Waals surface area contributed by atoms with Gasteiger partial charge in [0.15, 0.2) is 15.0 Å². The molecule has 1 fully saturated rings. The summed E-state index contributed by atoms with van der Waals surface area (Å²) in [6, 6.07) is 15.8. The molecular formula is C20H22N2O3S2. The molecule has 0 radical (unpaired) electrons. The first-order valence-corrected chi connectivity index (χ1v) is 11.7. The van der Waals surface area contributed by atoms with Crippen LogP contribution in [0, 0.1) is 6.92 Å². The maximum atomic E-state index is 12.2. The molecule has 0 aromatic heterocycles. The number of anilines is 1. The van der Waals surface area contributed by atoms with Crippen molar-refractivity contribution in [2.45, 2.75) is 24.8 Å². The quantitative estimate of drug-likeness (QED) is 0.786. The predicted molar refractivity (Wildman–Crippen MR) is 112 cm³/mol. The fourth-order valence-electron chi connectivity index (χ4n) is 3.69. The lowest BCUT2D eigenvalue weighted by molar-refractivity contribution is 0.415. The molecule has 2 aromatic carbocycles. The Labute approximate surface area is 164 Å². The van der Waals surface area contributed by atoms with Gasteiger partial charge < -0.3 is 9.64 Å². The number of benzene rings is 2. The molecule has 2 aromatic rings. The third-order valence-corrected chi connectivity index (χ3v) is 7.64. The zero-order chi connectivity index (χ0) is 19.0. The van der Waals surface area contributed by atoms with Gasteiger partial charge >= 0.3 is 0 Å². The molecular weight excluding hydrogens is 380 g/mol. The van der Waals surface area contributed by atoms with Crippen molar-refractivity contribution in [1.82, 2.24) is 0 Å². The van der Waals surface area contributed by atoms with E-state index in [-0.39, 0.29) is 23.6 Å². The van der Waals surface area contributed by atoms with Crippen LogP contribution in [0.3, 0.4) is 0 Å². The normalized spacial score (nSPS) is 23.2. The zero-order valence-corrected chi connectivity index (χ0v) is 17.0. The molecule has 4 rings (SSSR count). The zero-order valence-electron chi connectivity index (χ0n) is 15.3. The number of nitrogens with zero attached hydrogens (tertiary/aromatic N) is 2. The van der Waals surface area contributed by atoms with Crippen LogP contribution in [0.2, 0.25) is 0 Å². The van der Waals surface area contributed by atoms with Crippen LogP contribution in [0.15, 0.2) is 53.5 Å². The summed E-state index contributed by atoms with van der Waals surface area (Å²) in [5, 5.41) is 0.867. The molecule has 0 N–H and O–H groups in total. The van der Waals surface area contributed by atoms with Crippen molar-refractivity contribution >= 4 is 32.5 Å². The predicted octanol–water partition coefficient (Wildman–Crippen LogP) is 3.28. The molecule has 0 amide bonds. The average Bonchev–Trinajstić information content (AvgIpc) is 3.11. The maximum absolute atomic E-state index is 12.2. The van der Waals surface area contributed by atoms with Crippen molar-refractivity contribution < 1.29 is 13.2 Å². The minimum atomic E-state index is -3.06. The molecule has 0 unspecified atom stereocenters. The van der Waals surface area contributed by atoms with Gasteiger partial charge in [0, 0.05) is 5.75 Å². The van der Waals surface area contributed by atoms with E-state index in [0.717, 1.165) is 22.4 Å². The molecule has 2 heterocycles. The molecule has 2 aliphatic rings. The van der Waals surface area contributed by atoms with Crippen molar-refractivity contribution in [3.05, 3.63) is 59.7 Å². The topological polar surface area (TPSA) is 59.0 Å². The van der Waals surface area contributed by atoms with E-state index in [1.54, 1.807) is 18.9 Å². The van der Waals surface area contributed by atoms with Crippen LogP contribution in [0.5, 0.6) is 5.75 Å². The fraction of sp³-hybridized carbons (Fsp3) is 0.350. The van der Waals surface area contributed by atoms with E-state index >= 15 is 0 Å². The van der Waals surface area contributed by atoms with E-state index in [1.165, 1.54) is 11.1 Å². The van der Waals surface area contributed by atoms with Gasteiger partial charge in [-0.05, 0) is 24.6 Å². The number of hydrogen-bond acceptors (Lipinski definition) is 6. The van der Waals surface area contributed by atoms with Gasteiger partial charge in [-0.3, -0.25) is 4.99 Å². The highest BCUT2D eigenvalue weighted by Crippen LogP contribution is 2.39. The SMILES string of the molecule is COc1ccccc1N1C(SCc2cccc(C)c2)=N[C@@H]2CS(=O)(=O)C[C@H]21. The Morgan fingerprint density at radius 2 is 2.00 bits per heavy atom. The highest BCUT2D eigenvalue weighted by Gasteiger charge is 2.47. The number of sulfone groups is 1. The lowest BCUT2D eigenvalue weighted by Gasteiger charge is -2.27. The summed E-state index contributed by atoms with van der Waals surface area (Å²) in [6.45, 7) is 2.08. The highest BCUT2D eigenvalue weighted by molar-refractivity contribution is 8.13.